The predicted molar refractivity (Wildman–Crippen MR) is 110 cm³/mol. The molecule has 3 rings (SSSR count). The number of rotatable bonds is 7. The van der Waals surface area contributed by atoms with Crippen molar-refractivity contribution >= 4 is 17.9 Å². The minimum Gasteiger partial charge on any atom is -0.490 e. The van der Waals surface area contributed by atoms with Gasteiger partial charge in [0.1, 0.15) is 0 Å². The highest BCUT2D eigenvalue weighted by atomic mass is 16.6. The number of benzene rings is 2. The maximum Gasteiger partial charge on any atom is 0.363 e. The summed E-state index contributed by atoms with van der Waals surface area (Å²) in [5, 5.41) is 0. The van der Waals surface area contributed by atoms with Gasteiger partial charge in [-0.15, -0.1) is 0 Å². The molecule has 1 aliphatic rings. The molecule has 28 heavy (non-hydrogen) atoms. The van der Waals surface area contributed by atoms with E-state index in [2.05, 4.69) is 18.8 Å². The second kappa shape index (κ2) is 8.74. The molecular weight excluding hydrogens is 354 g/mol. The molecule has 0 unspecified atom stereocenters. The molecule has 2 aromatic carbocycles. The fraction of sp³-hybridized carbons (Fsp3) is 0.304. The van der Waals surface area contributed by atoms with E-state index >= 15 is 0 Å². The minimum atomic E-state index is -0.463. The summed E-state index contributed by atoms with van der Waals surface area (Å²) in [7, 11) is 0. The average Bonchev–Trinajstić information content (AvgIpc) is 3.02. The number of ether oxygens (including phenoxy) is 3. The quantitative estimate of drug-likeness (QED) is 0.513. The highest BCUT2D eigenvalue weighted by Crippen LogP contribution is 2.30. The van der Waals surface area contributed by atoms with Crippen LogP contribution >= 0.6 is 0 Å². The van der Waals surface area contributed by atoms with Gasteiger partial charge in [-0.3, -0.25) is 0 Å². The minimum absolute atomic E-state index is 0.259. The summed E-state index contributed by atoms with van der Waals surface area (Å²) in [6.07, 6.45) is 1.69. The van der Waals surface area contributed by atoms with E-state index in [1.807, 2.05) is 56.3 Å². The van der Waals surface area contributed by atoms with Crippen LogP contribution < -0.4 is 9.47 Å². The van der Waals surface area contributed by atoms with E-state index in [4.69, 9.17) is 14.2 Å². The van der Waals surface area contributed by atoms with E-state index in [9.17, 15) is 4.79 Å². The molecule has 0 saturated carbocycles. The lowest BCUT2D eigenvalue weighted by Crippen LogP contribution is -2.06. The van der Waals surface area contributed by atoms with Gasteiger partial charge in [-0.05, 0) is 55.7 Å². The number of carbonyl (C=O) groups excluding carboxylic acids is 1. The first-order valence-corrected chi connectivity index (χ1v) is 9.45. The molecule has 0 bridgehead atoms. The van der Waals surface area contributed by atoms with Crippen molar-refractivity contribution < 1.29 is 19.0 Å². The Kier molecular flexibility index (Phi) is 6.14. The van der Waals surface area contributed by atoms with Crippen molar-refractivity contribution in [2.75, 3.05) is 13.2 Å². The molecule has 1 aliphatic heterocycles. The van der Waals surface area contributed by atoms with Crippen LogP contribution in [-0.2, 0) is 9.53 Å². The molecule has 5 nitrogen and oxygen atoms in total. The zero-order valence-corrected chi connectivity index (χ0v) is 16.7. The molecule has 0 aliphatic carbocycles. The van der Waals surface area contributed by atoms with Gasteiger partial charge in [-0.25, -0.2) is 9.79 Å². The van der Waals surface area contributed by atoms with Gasteiger partial charge in [0.2, 0.25) is 5.90 Å². The molecule has 0 N–H and O–H groups in total. The molecule has 0 spiro atoms. The van der Waals surface area contributed by atoms with Crippen LogP contribution in [0.4, 0.5) is 0 Å². The maximum absolute atomic E-state index is 12.2. The Balaban J connectivity index is 1.87. The average molecular weight is 379 g/mol. The summed E-state index contributed by atoms with van der Waals surface area (Å²) in [5.41, 5.74) is 2.91. The van der Waals surface area contributed by atoms with Crippen LogP contribution in [0.25, 0.3) is 6.08 Å². The summed E-state index contributed by atoms with van der Waals surface area (Å²) < 4.78 is 16.9. The number of nitrogens with zero attached hydrogens (tertiary/aromatic N) is 1. The zero-order valence-electron chi connectivity index (χ0n) is 16.7. The molecule has 0 atom stereocenters. The summed E-state index contributed by atoms with van der Waals surface area (Å²) in [4.78, 5) is 16.6. The van der Waals surface area contributed by atoms with Crippen molar-refractivity contribution in [2.24, 2.45) is 10.9 Å². The number of esters is 1. The molecule has 0 fully saturated rings. The van der Waals surface area contributed by atoms with Gasteiger partial charge in [0.05, 0.1) is 13.2 Å². The third-order valence-electron chi connectivity index (χ3n) is 4.03. The number of aliphatic imine (C=N–C) groups is 1. The summed E-state index contributed by atoms with van der Waals surface area (Å²) in [6, 6.07) is 13.3. The van der Waals surface area contributed by atoms with E-state index in [0.29, 0.717) is 36.5 Å². The third-order valence-corrected chi connectivity index (χ3v) is 4.03. The van der Waals surface area contributed by atoms with Crippen LogP contribution in [0.15, 0.2) is 53.2 Å². The van der Waals surface area contributed by atoms with Crippen molar-refractivity contribution in [3.8, 4) is 11.5 Å². The van der Waals surface area contributed by atoms with Crippen molar-refractivity contribution in [1.29, 1.82) is 0 Å². The predicted octanol–water partition coefficient (Wildman–Crippen LogP) is 4.77. The topological polar surface area (TPSA) is 57.1 Å². The molecule has 0 saturated heterocycles. The summed E-state index contributed by atoms with van der Waals surface area (Å²) >= 11 is 0. The van der Waals surface area contributed by atoms with Crippen LogP contribution in [0.2, 0.25) is 0 Å². The smallest absolute Gasteiger partial charge is 0.363 e. The van der Waals surface area contributed by atoms with Crippen molar-refractivity contribution in [3.05, 3.63) is 64.9 Å². The summed E-state index contributed by atoms with van der Waals surface area (Å²) in [5.74, 6) is 1.61. The van der Waals surface area contributed by atoms with Gasteiger partial charge in [-0.2, -0.15) is 0 Å². The van der Waals surface area contributed by atoms with E-state index in [0.717, 1.165) is 16.7 Å². The Bertz CT molecular complexity index is 928. The third kappa shape index (κ3) is 4.80. The molecule has 0 radical (unpaired) electrons. The standard InChI is InChI=1S/C23H25NO4/c1-5-26-21-13-17(9-10-20(21)27-14-15(2)3)12-19-23(25)28-22(24-19)18-8-6-7-16(4)11-18/h6-13,15H,5,14H2,1-4H3. The maximum atomic E-state index is 12.2. The number of hydrogen-bond acceptors (Lipinski definition) is 5. The lowest BCUT2D eigenvalue weighted by atomic mass is 10.1. The van der Waals surface area contributed by atoms with Crippen molar-refractivity contribution in [2.45, 2.75) is 27.7 Å². The SMILES string of the molecule is CCOc1cc(C=C2N=C(c3cccc(C)c3)OC2=O)ccc1OCC(C)C. The zero-order chi connectivity index (χ0) is 20.1. The van der Waals surface area contributed by atoms with Gasteiger partial charge < -0.3 is 14.2 Å². The van der Waals surface area contributed by atoms with E-state index in [-0.39, 0.29) is 5.70 Å². The van der Waals surface area contributed by atoms with Crippen LogP contribution in [0, 0.1) is 12.8 Å². The van der Waals surface area contributed by atoms with Crippen LogP contribution in [-0.4, -0.2) is 25.1 Å². The Labute approximate surface area is 165 Å². The van der Waals surface area contributed by atoms with E-state index in [1.54, 1.807) is 6.08 Å². The fourth-order valence-electron chi connectivity index (χ4n) is 2.73. The number of carbonyl (C=O) groups is 1. The van der Waals surface area contributed by atoms with Gasteiger partial charge >= 0.3 is 5.97 Å². The number of cyclic esters (lactones) is 1. The molecule has 2 aromatic rings. The molecule has 5 heteroatoms. The van der Waals surface area contributed by atoms with Crippen LogP contribution in [0.3, 0.4) is 0 Å². The van der Waals surface area contributed by atoms with Gasteiger partial charge in [-0.1, -0.05) is 37.6 Å². The number of hydrogen-bond donors (Lipinski definition) is 0. The van der Waals surface area contributed by atoms with Crippen LogP contribution in [0.5, 0.6) is 11.5 Å². The molecule has 146 valence electrons. The Morgan fingerprint density at radius 3 is 2.64 bits per heavy atom. The Morgan fingerprint density at radius 1 is 1.11 bits per heavy atom. The molecule has 1 heterocycles. The van der Waals surface area contributed by atoms with Crippen molar-refractivity contribution in [3.63, 3.8) is 0 Å². The van der Waals surface area contributed by atoms with Crippen LogP contribution in [0.1, 0.15) is 37.5 Å². The van der Waals surface area contributed by atoms with Gasteiger partial charge in [0.25, 0.3) is 0 Å². The molecule has 0 aromatic heterocycles. The molecule has 0 amide bonds. The number of aryl methyl sites for hydroxylation is 1. The second-order valence-corrected chi connectivity index (χ2v) is 7.05. The first kappa shape index (κ1) is 19.7. The first-order valence-electron chi connectivity index (χ1n) is 9.45. The van der Waals surface area contributed by atoms with Gasteiger partial charge in [0, 0.05) is 5.56 Å². The molecular formula is C23H25NO4. The fourth-order valence-corrected chi connectivity index (χ4v) is 2.73. The lowest BCUT2D eigenvalue weighted by molar-refractivity contribution is -0.129. The highest BCUT2D eigenvalue weighted by molar-refractivity contribution is 6.12. The monoisotopic (exact) mass is 379 g/mol. The lowest BCUT2D eigenvalue weighted by Gasteiger charge is -2.14. The van der Waals surface area contributed by atoms with E-state index in [1.165, 1.54) is 0 Å². The Morgan fingerprint density at radius 2 is 1.93 bits per heavy atom. The largest absolute Gasteiger partial charge is 0.490 e. The second-order valence-electron chi connectivity index (χ2n) is 7.05. The van der Waals surface area contributed by atoms with E-state index < -0.39 is 5.97 Å². The van der Waals surface area contributed by atoms with Gasteiger partial charge in [0.15, 0.2) is 17.2 Å². The Hall–Kier alpha value is -3.08. The normalized spacial score (nSPS) is 15.0. The summed E-state index contributed by atoms with van der Waals surface area (Å²) in [6.45, 7) is 9.22. The first-order chi connectivity index (χ1) is 13.5. The highest BCUT2D eigenvalue weighted by Gasteiger charge is 2.24. The van der Waals surface area contributed by atoms with Crippen molar-refractivity contribution in [1.82, 2.24) is 0 Å².